The second-order valence-electron chi connectivity index (χ2n) is 4.12. The van der Waals surface area contributed by atoms with Crippen LogP contribution in [0.2, 0.25) is 0 Å². The minimum absolute atomic E-state index is 0.0719. The monoisotopic (exact) mass is 239 g/mol. The molecule has 1 aromatic rings. The third kappa shape index (κ3) is 2.94. The Morgan fingerprint density at radius 2 is 2.41 bits per heavy atom. The molecule has 4 nitrogen and oxygen atoms in total. The smallest absolute Gasteiger partial charge is 0.335 e. The van der Waals surface area contributed by atoms with Crippen molar-refractivity contribution in [3.05, 3.63) is 29.6 Å². The highest BCUT2D eigenvalue weighted by Crippen LogP contribution is 2.20. The van der Waals surface area contributed by atoms with E-state index in [-0.39, 0.29) is 11.3 Å². The lowest BCUT2D eigenvalue weighted by molar-refractivity contribution is 0.0696. The van der Waals surface area contributed by atoms with E-state index in [1.165, 1.54) is 12.1 Å². The quantitative estimate of drug-likeness (QED) is 0.836. The van der Waals surface area contributed by atoms with Gasteiger partial charge in [-0.1, -0.05) is 0 Å². The number of ether oxygens (including phenoxy) is 1. The van der Waals surface area contributed by atoms with Gasteiger partial charge in [-0.05, 0) is 31.2 Å². The van der Waals surface area contributed by atoms with Gasteiger partial charge in [-0.25, -0.2) is 9.18 Å². The average Bonchev–Trinajstić information content (AvgIpc) is 2.80. The van der Waals surface area contributed by atoms with Crippen molar-refractivity contribution in [1.29, 1.82) is 0 Å². The second kappa shape index (κ2) is 5.14. The molecule has 2 rings (SSSR count). The predicted octanol–water partition coefficient (Wildman–Crippen LogP) is 1.51. The summed E-state index contributed by atoms with van der Waals surface area (Å²) in [6.45, 7) is 2.31. The third-order valence-corrected chi connectivity index (χ3v) is 2.82. The normalized spacial score (nSPS) is 19.2. The highest BCUT2D eigenvalue weighted by molar-refractivity contribution is 5.87. The molecule has 0 radical (unpaired) electrons. The lowest BCUT2D eigenvalue weighted by Crippen LogP contribution is -2.16. The summed E-state index contributed by atoms with van der Waals surface area (Å²) in [5, 5.41) is 11.9. The predicted molar refractivity (Wildman–Crippen MR) is 59.8 cm³/mol. The van der Waals surface area contributed by atoms with Crippen LogP contribution in [0.4, 0.5) is 4.39 Å². The van der Waals surface area contributed by atoms with Crippen LogP contribution in [0.1, 0.15) is 16.8 Å². The Hall–Kier alpha value is -1.62. The molecule has 0 aromatic heterocycles. The maximum absolute atomic E-state index is 13.5. The average molecular weight is 239 g/mol. The lowest BCUT2D eigenvalue weighted by Gasteiger charge is -2.11. The minimum atomic E-state index is -1.14. The van der Waals surface area contributed by atoms with Crippen molar-refractivity contribution in [2.24, 2.45) is 5.92 Å². The van der Waals surface area contributed by atoms with E-state index in [1.54, 1.807) is 0 Å². The van der Waals surface area contributed by atoms with Crippen LogP contribution in [-0.2, 0) is 0 Å². The standard InChI is InChI=1S/C12H14FNO3/c13-10-5-9(12(15)16)1-2-11(10)17-7-8-3-4-14-6-8/h1-2,5,8,14H,3-4,6-7H2,(H,15,16). The number of carboxylic acids is 1. The summed E-state index contributed by atoms with van der Waals surface area (Å²) in [6, 6.07) is 3.68. The van der Waals surface area contributed by atoms with E-state index in [4.69, 9.17) is 9.84 Å². The first-order valence-corrected chi connectivity index (χ1v) is 5.53. The van der Waals surface area contributed by atoms with Crippen LogP contribution >= 0.6 is 0 Å². The van der Waals surface area contributed by atoms with E-state index in [0.29, 0.717) is 12.5 Å². The molecule has 1 heterocycles. The molecule has 0 saturated carbocycles. The second-order valence-corrected chi connectivity index (χ2v) is 4.12. The third-order valence-electron chi connectivity index (χ3n) is 2.82. The molecule has 0 amide bonds. The van der Waals surface area contributed by atoms with Gasteiger partial charge in [0.05, 0.1) is 12.2 Å². The Morgan fingerprint density at radius 3 is 3.00 bits per heavy atom. The van der Waals surface area contributed by atoms with Crippen LogP contribution in [0.3, 0.4) is 0 Å². The first-order valence-electron chi connectivity index (χ1n) is 5.53. The summed E-state index contributed by atoms with van der Waals surface area (Å²) in [7, 11) is 0. The molecule has 17 heavy (non-hydrogen) atoms. The first kappa shape index (κ1) is 11.9. The summed E-state index contributed by atoms with van der Waals surface area (Å²) in [4.78, 5) is 10.6. The Bertz CT molecular complexity index is 416. The molecule has 0 bridgehead atoms. The maximum atomic E-state index is 13.5. The highest BCUT2D eigenvalue weighted by Gasteiger charge is 2.16. The van der Waals surface area contributed by atoms with Crippen LogP contribution in [0.5, 0.6) is 5.75 Å². The zero-order chi connectivity index (χ0) is 12.3. The Morgan fingerprint density at radius 1 is 1.59 bits per heavy atom. The molecule has 1 aliphatic heterocycles. The number of benzene rings is 1. The van der Waals surface area contributed by atoms with Crippen molar-refractivity contribution in [1.82, 2.24) is 5.32 Å². The van der Waals surface area contributed by atoms with Crippen LogP contribution in [0, 0.1) is 11.7 Å². The summed E-state index contributed by atoms with van der Waals surface area (Å²) in [6.07, 6.45) is 1.02. The number of carbonyl (C=O) groups is 1. The molecule has 1 fully saturated rings. The summed E-state index contributed by atoms with van der Waals surface area (Å²) in [5.41, 5.74) is -0.0719. The van der Waals surface area contributed by atoms with Gasteiger partial charge < -0.3 is 15.2 Å². The zero-order valence-electron chi connectivity index (χ0n) is 9.28. The van der Waals surface area contributed by atoms with Gasteiger partial charge in [-0.3, -0.25) is 0 Å². The van der Waals surface area contributed by atoms with Gasteiger partial charge in [-0.2, -0.15) is 0 Å². The SMILES string of the molecule is O=C(O)c1ccc(OCC2CCNC2)c(F)c1. The van der Waals surface area contributed by atoms with Crippen molar-refractivity contribution in [3.63, 3.8) is 0 Å². The van der Waals surface area contributed by atoms with Crippen molar-refractivity contribution >= 4 is 5.97 Å². The van der Waals surface area contributed by atoms with Crippen LogP contribution in [0.25, 0.3) is 0 Å². The van der Waals surface area contributed by atoms with Crippen molar-refractivity contribution in [3.8, 4) is 5.75 Å². The molecule has 0 aliphatic carbocycles. The number of rotatable bonds is 4. The Balaban J connectivity index is 1.98. The Labute approximate surface area is 98.4 Å². The fourth-order valence-corrected chi connectivity index (χ4v) is 1.82. The van der Waals surface area contributed by atoms with Gasteiger partial charge >= 0.3 is 5.97 Å². The molecule has 1 aromatic carbocycles. The molecular formula is C12H14FNO3. The molecule has 92 valence electrons. The fraction of sp³-hybridized carbons (Fsp3) is 0.417. The molecule has 0 spiro atoms. The minimum Gasteiger partial charge on any atom is -0.490 e. The van der Waals surface area contributed by atoms with E-state index < -0.39 is 11.8 Å². The van der Waals surface area contributed by atoms with Crippen molar-refractivity contribution < 1.29 is 19.0 Å². The molecule has 2 N–H and O–H groups in total. The summed E-state index contributed by atoms with van der Waals surface area (Å²) >= 11 is 0. The fourth-order valence-electron chi connectivity index (χ4n) is 1.82. The van der Waals surface area contributed by atoms with Gasteiger partial charge in [0, 0.05) is 12.5 Å². The zero-order valence-corrected chi connectivity index (χ0v) is 9.28. The molecule has 1 saturated heterocycles. The number of nitrogens with one attached hydrogen (secondary N) is 1. The molecule has 1 aliphatic rings. The van der Waals surface area contributed by atoms with E-state index in [9.17, 15) is 9.18 Å². The van der Waals surface area contributed by atoms with Crippen molar-refractivity contribution in [2.45, 2.75) is 6.42 Å². The van der Waals surface area contributed by atoms with Gasteiger partial charge in [0.1, 0.15) is 0 Å². The molecular weight excluding hydrogens is 225 g/mol. The number of hydrogen-bond acceptors (Lipinski definition) is 3. The lowest BCUT2D eigenvalue weighted by atomic mass is 10.1. The molecule has 1 atom stereocenters. The van der Waals surface area contributed by atoms with Gasteiger partial charge in [-0.15, -0.1) is 0 Å². The van der Waals surface area contributed by atoms with Crippen LogP contribution in [0.15, 0.2) is 18.2 Å². The summed E-state index contributed by atoms with van der Waals surface area (Å²) in [5.74, 6) is -1.26. The maximum Gasteiger partial charge on any atom is 0.335 e. The van der Waals surface area contributed by atoms with Crippen LogP contribution in [-0.4, -0.2) is 30.8 Å². The molecule has 1 unspecified atom stereocenters. The largest absolute Gasteiger partial charge is 0.490 e. The topological polar surface area (TPSA) is 58.6 Å². The van der Waals surface area contributed by atoms with Crippen LogP contribution < -0.4 is 10.1 Å². The highest BCUT2D eigenvalue weighted by atomic mass is 19.1. The number of halogens is 1. The van der Waals surface area contributed by atoms with E-state index in [2.05, 4.69) is 5.32 Å². The number of carboxylic acid groups (broad SMARTS) is 1. The van der Waals surface area contributed by atoms with Gasteiger partial charge in [0.15, 0.2) is 11.6 Å². The summed E-state index contributed by atoms with van der Waals surface area (Å²) < 4.78 is 18.8. The van der Waals surface area contributed by atoms with Gasteiger partial charge in [0.25, 0.3) is 0 Å². The molecule has 5 heteroatoms. The van der Waals surface area contributed by atoms with Gasteiger partial charge in [0.2, 0.25) is 0 Å². The Kier molecular flexibility index (Phi) is 3.58. The van der Waals surface area contributed by atoms with E-state index in [1.807, 2.05) is 0 Å². The van der Waals surface area contributed by atoms with Crippen molar-refractivity contribution in [2.75, 3.05) is 19.7 Å². The number of aromatic carboxylic acids is 1. The first-order chi connectivity index (χ1) is 8.16. The van der Waals surface area contributed by atoms with E-state index in [0.717, 1.165) is 25.6 Å². The van der Waals surface area contributed by atoms with E-state index >= 15 is 0 Å². The number of hydrogen-bond donors (Lipinski definition) is 2.